The van der Waals surface area contributed by atoms with Gasteiger partial charge in [0.2, 0.25) is 0 Å². The second kappa shape index (κ2) is 3.12. The fourth-order valence-electron chi connectivity index (χ4n) is 2.77. The number of rotatable bonds is 2. The van der Waals surface area contributed by atoms with Crippen molar-refractivity contribution in [2.45, 2.75) is 30.7 Å². The highest BCUT2D eigenvalue weighted by Gasteiger charge is 2.72. The zero-order chi connectivity index (χ0) is 13.2. The van der Waals surface area contributed by atoms with E-state index in [2.05, 4.69) is 4.74 Å². The van der Waals surface area contributed by atoms with E-state index < -0.39 is 17.4 Å². The number of fused-ring (bicyclic) bond motifs is 3. The summed E-state index contributed by atoms with van der Waals surface area (Å²) in [7, 11) is 0. The molecule has 0 amide bonds. The van der Waals surface area contributed by atoms with Crippen molar-refractivity contribution in [3.8, 4) is 11.5 Å². The fourth-order valence-corrected chi connectivity index (χ4v) is 2.77. The van der Waals surface area contributed by atoms with E-state index in [1.807, 2.05) is 6.92 Å². The summed E-state index contributed by atoms with van der Waals surface area (Å²) in [6, 6.07) is 3.97. The molecule has 1 aromatic carbocycles. The van der Waals surface area contributed by atoms with Gasteiger partial charge in [0.25, 0.3) is 0 Å². The number of hydrogen-bond acceptors (Lipinski definition) is 3. The number of halogens is 3. The van der Waals surface area contributed by atoms with Crippen LogP contribution in [0.25, 0.3) is 0 Å². The van der Waals surface area contributed by atoms with E-state index in [9.17, 15) is 18.3 Å². The largest absolute Gasteiger partial charge is 0.573 e. The van der Waals surface area contributed by atoms with Crippen LogP contribution in [0.3, 0.4) is 0 Å². The number of aliphatic hydroxyl groups excluding tert-OH is 1. The van der Waals surface area contributed by atoms with Crippen LogP contribution < -0.4 is 9.47 Å². The van der Waals surface area contributed by atoms with Crippen LogP contribution in [0.15, 0.2) is 18.2 Å². The van der Waals surface area contributed by atoms with E-state index in [0.717, 1.165) is 0 Å². The molecule has 0 radical (unpaired) electrons. The molecule has 6 heteroatoms. The minimum Gasteiger partial charge on any atom is -0.486 e. The van der Waals surface area contributed by atoms with Crippen LogP contribution in [0.5, 0.6) is 11.5 Å². The predicted octanol–water partition coefficient (Wildman–Crippen LogP) is 2.37. The Morgan fingerprint density at radius 1 is 1.44 bits per heavy atom. The molecular formula is C12H11F3O3. The Labute approximate surface area is 101 Å². The van der Waals surface area contributed by atoms with Gasteiger partial charge in [-0.05, 0) is 25.1 Å². The third kappa shape index (κ3) is 1.41. The summed E-state index contributed by atoms with van der Waals surface area (Å²) in [5.41, 5.74) is -0.483. The van der Waals surface area contributed by atoms with Crippen molar-refractivity contribution in [3.63, 3.8) is 0 Å². The molecule has 3 rings (SSSR count). The van der Waals surface area contributed by atoms with Crippen LogP contribution in [-0.2, 0) is 5.41 Å². The average Bonchev–Trinajstić information content (AvgIpc) is 2.78. The molecule has 3 nitrogen and oxygen atoms in total. The van der Waals surface area contributed by atoms with E-state index in [0.29, 0.717) is 17.7 Å². The number of aliphatic hydroxyl groups is 1. The fraction of sp³-hybridized carbons (Fsp3) is 0.500. The SMILES string of the molecule is CC12CC1(CO)c1cc(OC(F)(F)F)ccc1O2. The zero-order valence-electron chi connectivity index (χ0n) is 9.54. The second-order valence-electron chi connectivity index (χ2n) is 4.96. The van der Waals surface area contributed by atoms with Crippen molar-refractivity contribution in [3.05, 3.63) is 23.8 Å². The summed E-state index contributed by atoms with van der Waals surface area (Å²) in [4.78, 5) is 0. The Bertz CT molecular complexity index is 514. The second-order valence-corrected chi connectivity index (χ2v) is 4.96. The van der Waals surface area contributed by atoms with Gasteiger partial charge in [-0.2, -0.15) is 0 Å². The molecule has 1 aromatic rings. The first-order chi connectivity index (χ1) is 8.30. The van der Waals surface area contributed by atoms with Crippen molar-refractivity contribution in [2.24, 2.45) is 0 Å². The number of ether oxygens (including phenoxy) is 2. The van der Waals surface area contributed by atoms with Gasteiger partial charge in [0.15, 0.2) is 0 Å². The first kappa shape index (κ1) is 11.6. The molecule has 18 heavy (non-hydrogen) atoms. The lowest BCUT2D eigenvalue weighted by Crippen LogP contribution is -2.23. The molecule has 2 atom stereocenters. The van der Waals surface area contributed by atoms with E-state index in [-0.39, 0.29) is 12.4 Å². The van der Waals surface area contributed by atoms with Crippen molar-refractivity contribution in [2.75, 3.05) is 6.61 Å². The molecule has 1 aliphatic heterocycles. The van der Waals surface area contributed by atoms with Gasteiger partial charge in [-0.25, -0.2) is 0 Å². The molecule has 1 aliphatic carbocycles. The van der Waals surface area contributed by atoms with Gasteiger partial charge in [0.1, 0.15) is 17.1 Å². The molecule has 2 unspecified atom stereocenters. The van der Waals surface area contributed by atoms with Crippen molar-refractivity contribution < 1.29 is 27.8 Å². The minimum absolute atomic E-state index is 0.147. The van der Waals surface area contributed by atoms with E-state index in [1.54, 1.807) is 0 Å². The van der Waals surface area contributed by atoms with Crippen LogP contribution in [0.2, 0.25) is 0 Å². The lowest BCUT2D eigenvalue weighted by atomic mass is 9.94. The standard InChI is InChI=1S/C12H11F3O3/c1-10-5-11(10,6-16)8-4-7(17-12(13,14)15)2-3-9(8)18-10/h2-4,16H,5-6H2,1H3. The van der Waals surface area contributed by atoms with Gasteiger partial charge >= 0.3 is 6.36 Å². The number of benzene rings is 1. The van der Waals surface area contributed by atoms with Gasteiger partial charge < -0.3 is 14.6 Å². The minimum atomic E-state index is -4.72. The van der Waals surface area contributed by atoms with E-state index in [4.69, 9.17) is 4.74 Å². The van der Waals surface area contributed by atoms with Crippen LogP contribution in [0.4, 0.5) is 13.2 Å². The van der Waals surface area contributed by atoms with Gasteiger partial charge in [-0.15, -0.1) is 13.2 Å². The van der Waals surface area contributed by atoms with Crippen LogP contribution >= 0.6 is 0 Å². The maximum Gasteiger partial charge on any atom is 0.573 e. The van der Waals surface area contributed by atoms with Crippen LogP contribution in [0.1, 0.15) is 18.9 Å². The zero-order valence-corrected chi connectivity index (χ0v) is 9.54. The van der Waals surface area contributed by atoms with Gasteiger partial charge in [-0.1, -0.05) is 0 Å². The molecule has 0 saturated heterocycles. The lowest BCUT2D eigenvalue weighted by Gasteiger charge is -2.13. The monoisotopic (exact) mass is 260 g/mol. The van der Waals surface area contributed by atoms with E-state index in [1.165, 1.54) is 18.2 Å². The molecule has 0 bridgehead atoms. The summed E-state index contributed by atoms with van der Waals surface area (Å²) in [5.74, 6) is 0.237. The third-order valence-electron chi connectivity index (χ3n) is 3.83. The summed E-state index contributed by atoms with van der Waals surface area (Å²) in [6.45, 7) is 1.69. The third-order valence-corrected chi connectivity index (χ3v) is 3.83. The molecule has 1 fully saturated rings. The van der Waals surface area contributed by atoms with E-state index >= 15 is 0 Å². The molecule has 0 spiro atoms. The molecule has 0 aromatic heterocycles. The van der Waals surface area contributed by atoms with Crippen LogP contribution in [0, 0.1) is 0 Å². The molecular weight excluding hydrogens is 249 g/mol. The first-order valence-electron chi connectivity index (χ1n) is 5.50. The highest BCUT2D eigenvalue weighted by molar-refractivity contribution is 5.57. The highest BCUT2D eigenvalue weighted by atomic mass is 19.4. The van der Waals surface area contributed by atoms with Crippen molar-refractivity contribution in [1.82, 2.24) is 0 Å². The topological polar surface area (TPSA) is 38.7 Å². The van der Waals surface area contributed by atoms with Gasteiger partial charge in [0.05, 0.1) is 12.0 Å². The van der Waals surface area contributed by atoms with Gasteiger partial charge in [-0.3, -0.25) is 0 Å². The molecule has 1 N–H and O–H groups in total. The summed E-state index contributed by atoms with van der Waals surface area (Å²) in [6.07, 6.45) is -4.11. The normalized spacial score (nSPS) is 32.5. The molecule has 1 heterocycles. The Balaban J connectivity index is 1.98. The maximum absolute atomic E-state index is 12.2. The molecule has 98 valence electrons. The Morgan fingerprint density at radius 3 is 2.78 bits per heavy atom. The summed E-state index contributed by atoms with van der Waals surface area (Å²) >= 11 is 0. The first-order valence-corrected chi connectivity index (χ1v) is 5.50. The smallest absolute Gasteiger partial charge is 0.486 e. The maximum atomic E-state index is 12.2. The Morgan fingerprint density at radius 2 is 2.17 bits per heavy atom. The Hall–Kier alpha value is -1.43. The summed E-state index contributed by atoms with van der Waals surface area (Å²) < 4.78 is 46.0. The quantitative estimate of drug-likeness (QED) is 0.887. The highest BCUT2D eigenvalue weighted by Crippen LogP contribution is 2.66. The van der Waals surface area contributed by atoms with Crippen LogP contribution in [-0.4, -0.2) is 23.7 Å². The number of hydrogen-bond donors (Lipinski definition) is 1. The average molecular weight is 260 g/mol. The summed E-state index contributed by atoms with van der Waals surface area (Å²) in [5, 5.41) is 9.46. The van der Waals surface area contributed by atoms with Gasteiger partial charge in [0, 0.05) is 12.0 Å². The number of alkyl halides is 3. The molecule has 1 saturated carbocycles. The predicted molar refractivity (Wildman–Crippen MR) is 55.5 cm³/mol. The van der Waals surface area contributed by atoms with Crippen molar-refractivity contribution >= 4 is 0 Å². The van der Waals surface area contributed by atoms with Crippen molar-refractivity contribution in [1.29, 1.82) is 0 Å². The molecule has 2 aliphatic rings. The Kier molecular flexibility index (Phi) is 2.02. The lowest BCUT2D eigenvalue weighted by molar-refractivity contribution is -0.274.